The van der Waals surface area contributed by atoms with Gasteiger partial charge in [0.05, 0.1) is 11.1 Å². The van der Waals surface area contributed by atoms with Gasteiger partial charge in [0.2, 0.25) is 5.91 Å². The molecule has 0 spiro atoms. The number of nitrogens with one attached hydrogen (secondary N) is 1. The lowest BCUT2D eigenvalue weighted by Gasteiger charge is -2.22. The topological polar surface area (TPSA) is 88.6 Å². The van der Waals surface area contributed by atoms with Crippen LogP contribution in [0.2, 0.25) is 0 Å². The van der Waals surface area contributed by atoms with Crippen LogP contribution in [-0.2, 0) is 11.4 Å². The number of anilines is 1. The standard InChI is InChI=1S/C23H19N3O4/c1-15(26-22(28)17-10-5-6-11-18(17)23(26)29)21(27)25-20-19(12-7-13-24-20)30-14-16-8-3-2-4-9-16/h2-13,15H,14H2,1H3,(H,24,25,27). The lowest BCUT2D eigenvalue weighted by Crippen LogP contribution is -2.45. The molecule has 150 valence electrons. The summed E-state index contributed by atoms with van der Waals surface area (Å²) in [5, 5.41) is 2.67. The Morgan fingerprint density at radius 3 is 2.27 bits per heavy atom. The Morgan fingerprint density at radius 1 is 0.967 bits per heavy atom. The molecule has 0 saturated heterocycles. The minimum Gasteiger partial charge on any atom is -0.485 e. The van der Waals surface area contributed by atoms with E-state index in [1.54, 1.807) is 36.4 Å². The van der Waals surface area contributed by atoms with Gasteiger partial charge in [0.1, 0.15) is 12.6 Å². The van der Waals surface area contributed by atoms with E-state index in [1.165, 1.54) is 13.1 Å². The highest BCUT2D eigenvalue weighted by atomic mass is 16.5. The molecule has 1 unspecified atom stereocenters. The van der Waals surface area contributed by atoms with Gasteiger partial charge in [-0.15, -0.1) is 0 Å². The van der Waals surface area contributed by atoms with Gasteiger partial charge in [0, 0.05) is 6.20 Å². The van der Waals surface area contributed by atoms with Crippen molar-refractivity contribution in [3.8, 4) is 5.75 Å². The van der Waals surface area contributed by atoms with Crippen LogP contribution in [0.25, 0.3) is 0 Å². The zero-order valence-corrected chi connectivity index (χ0v) is 16.2. The van der Waals surface area contributed by atoms with Gasteiger partial charge in [-0.3, -0.25) is 19.3 Å². The molecule has 30 heavy (non-hydrogen) atoms. The van der Waals surface area contributed by atoms with E-state index >= 15 is 0 Å². The number of aromatic nitrogens is 1. The van der Waals surface area contributed by atoms with Crippen molar-refractivity contribution < 1.29 is 19.1 Å². The third-order valence-electron chi connectivity index (χ3n) is 4.84. The molecule has 0 radical (unpaired) electrons. The molecule has 0 fully saturated rings. The Bertz CT molecular complexity index is 1080. The summed E-state index contributed by atoms with van der Waals surface area (Å²) in [4.78, 5) is 43.2. The number of fused-ring (bicyclic) bond motifs is 1. The molecule has 7 nitrogen and oxygen atoms in total. The van der Waals surface area contributed by atoms with E-state index in [4.69, 9.17) is 4.74 Å². The average molecular weight is 401 g/mol. The predicted octanol–water partition coefficient (Wildman–Crippen LogP) is 3.28. The van der Waals surface area contributed by atoms with Crippen molar-refractivity contribution in [3.63, 3.8) is 0 Å². The van der Waals surface area contributed by atoms with E-state index < -0.39 is 23.8 Å². The fraction of sp³-hybridized carbons (Fsp3) is 0.130. The van der Waals surface area contributed by atoms with Crippen LogP contribution in [-0.4, -0.2) is 33.6 Å². The predicted molar refractivity (Wildman–Crippen MR) is 110 cm³/mol. The van der Waals surface area contributed by atoms with Gasteiger partial charge in [0.15, 0.2) is 11.6 Å². The molecule has 3 aromatic rings. The highest BCUT2D eigenvalue weighted by Crippen LogP contribution is 2.26. The summed E-state index contributed by atoms with van der Waals surface area (Å²) in [5.41, 5.74) is 1.57. The van der Waals surface area contributed by atoms with Gasteiger partial charge >= 0.3 is 0 Å². The third kappa shape index (κ3) is 3.65. The van der Waals surface area contributed by atoms with Gasteiger partial charge in [-0.1, -0.05) is 42.5 Å². The molecule has 1 atom stereocenters. The number of nitrogens with zero attached hydrogens (tertiary/aromatic N) is 2. The Morgan fingerprint density at radius 2 is 1.60 bits per heavy atom. The molecule has 3 amide bonds. The number of amides is 3. The fourth-order valence-corrected chi connectivity index (χ4v) is 3.23. The molecule has 4 rings (SSSR count). The maximum atomic E-state index is 12.8. The zero-order chi connectivity index (χ0) is 21.1. The Labute approximate surface area is 173 Å². The summed E-state index contributed by atoms with van der Waals surface area (Å²) < 4.78 is 5.80. The molecule has 0 saturated carbocycles. The van der Waals surface area contributed by atoms with Crippen LogP contribution in [0.4, 0.5) is 5.82 Å². The Kier molecular flexibility index (Phi) is 5.26. The first kappa shape index (κ1) is 19.3. The molecular weight excluding hydrogens is 382 g/mol. The SMILES string of the molecule is CC(C(=O)Nc1ncccc1OCc1ccccc1)N1C(=O)c2ccccc2C1=O. The van der Waals surface area contributed by atoms with Gasteiger partial charge in [-0.2, -0.15) is 0 Å². The van der Waals surface area contributed by atoms with E-state index in [9.17, 15) is 14.4 Å². The number of hydrogen-bond acceptors (Lipinski definition) is 5. The third-order valence-corrected chi connectivity index (χ3v) is 4.84. The minimum atomic E-state index is -1.01. The number of ether oxygens (including phenoxy) is 1. The molecule has 2 heterocycles. The molecule has 0 bridgehead atoms. The van der Waals surface area contributed by atoms with Crippen molar-refractivity contribution in [1.82, 2.24) is 9.88 Å². The molecule has 7 heteroatoms. The van der Waals surface area contributed by atoms with Crippen molar-refractivity contribution in [2.24, 2.45) is 0 Å². The van der Waals surface area contributed by atoms with Crippen LogP contribution in [0.15, 0.2) is 72.9 Å². The van der Waals surface area contributed by atoms with Crippen LogP contribution in [0.5, 0.6) is 5.75 Å². The van der Waals surface area contributed by atoms with E-state index in [1.807, 2.05) is 30.3 Å². The van der Waals surface area contributed by atoms with Crippen LogP contribution in [0, 0.1) is 0 Å². The lowest BCUT2D eigenvalue weighted by atomic mass is 10.1. The molecule has 2 aromatic carbocycles. The van der Waals surface area contributed by atoms with Crippen molar-refractivity contribution in [3.05, 3.63) is 89.6 Å². The smallest absolute Gasteiger partial charge is 0.262 e. The summed E-state index contributed by atoms with van der Waals surface area (Å²) in [6, 6.07) is 18.5. The second kappa shape index (κ2) is 8.16. The average Bonchev–Trinajstić information content (AvgIpc) is 3.03. The summed E-state index contributed by atoms with van der Waals surface area (Å²) in [6.45, 7) is 1.81. The molecule has 1 aliphatic heterocycles. The Hall–Kier alpha value is -4.00. The number of imide groups is 1. The number of benzene rings is 2. The summed E-state index contributed by atoms with van der Waals surface area (Å²) in [5.74, 6) is -0.890. The van der Waals surface area contributed by atoms with Crippen LogP contribution in [0.1, 0.15) is 33.2 Å². The zero-order valence-electron chi connectivity index (χ0n) is 16.2. The molecule has 1 aliphatic rings. The highest BCUT2D eigenvalue weighted by molar-refractivity contribution is 6.23. The first-order valence-electron chi connectivity index (χ1n) is 9.46. The van der Waals surface area contributed by atoms with E-state index in [-0.39, 0.29) is 5.82 Å². The van der Waals surface area contributed by atoms with E-state index in [2.05, 4.69) is 10.3 Å². The molecule has 1 N–H and O–H groups in total. The van der Waals surface area contributed by atoms with Crippen LogP contribution < -0.4 is 10.1 Å². The first-order valence-corrected chi connectivity index (χ1v) is 9.46. The number of carbonyl (C=O) groups is 3. The van der Waals surface area contributed by atoms with E-state index in [0.29, 0.717) is 23.5 Å². The normalized spacial score (nSPS) is 13.7. The van der Waals surface area contributed by atoms with Crippen LogP contribution >= 0.6 is 0 Å². The largest absolute Gasteiger partial charge is 0.485 e. The Balaban J connectivity index is 1.48. The van der Waals surface area contributed by atoms with Crippen molar-refractivity contribution in [1.29, 1.82) is 0 Å². The summed E-state index contributed by atoms with van der Waals surface area (Å²) in [7, 11) is 0. The first-order chi connectivity index (χ1) is 14.6. The second-order valence-electron chi connectivity index (χ2n) is 6.82. The number of hydrogen-bond donors (Lipinski definition) is 1. The van der Waals surface area contributed by atoms with Gasteiger partial charge < -0.3 is 10.1 Å². The number of carbonyl (C=O) groups excluding carboxylic acids is 3. The maximum absolute atomic E-state index is 12.8. The summed E-state index contributed by atoms with van der Waals surface area (Å²) in [6.07, 6.45) is 1.53. The van der Waals surface area contributed by atoms with Crippen molar-refractivity contribution in [2.45, 2.75) is 19.6 Å². The maximum Gasteiger partial charge on any atom is 0.262 e. The molecule has 0 aliphatic carbocycles. The highest BCUT2D eigenvalue weighted by Gasteiger charge is 2.40. The molecular formula is C23H19N3O4. The lowest BCUT2D eigenvalue weighted by molar-refractivity contribution is -0.119. The molecule has 1 aromatic heterocycles. The summed E-state index contributed by atoms with van der Waals surface area (Å²) >= 11 is 0. The van der Waals surface area contributed by atoms with Crippen molar-refractivity contribution in [2.75, 3.05) is 5.32 Å². The fourth-order valence-electron chi connectivity index (χ4n) is 3.23. The number of pyridine rings is 1. The quantitative estimate of drug-likeness (QED) is 0.641. The van der Waals surface area contributed by atoms with E-state index in [0.717, 1.165) is 10.5 Å². The monoisotopic (exact) mass is 401 g/mol. The van der Waals surface area contributed by atoms with Gasteiger partial charge in [0.25, 0.3) is 11.8 Å². The van der Waals surface area contributed by atoms with Gasteiger partial charge in [-0.25, -0.2) is 4.98 Å². The van der Waals surface area contributed by atoms with Crippen LogP contribution in [0.3, 0.4) is 0 Å². The van der Waals surface area contributed by atoms with Gasteiger partial charge in [-0.05, 0) is 36.8 Å². The minimum absolute atomic E-state index is 0.224. The number of rotatable bonds is 6. The second-order valence-corrected chi connectivity index (χ2v) is 6.82. The van der Waals surface area contributed by atoms with Crippen molar-refractivity contribution >= 4 is 23.5 Å².